The molecule has 1 aromatic carbocycles. The fourth-order valence-electron chi connectivity index (χ4n) is 2.92. The molecule has 30 heavy (non-hydrogen) atoms. The monoisotopic (exact) mass is 442 g/mol. The predicted molar refractivity (Wildman–Crippen MR) is 103 cm³/mol. The summed E-state index contributed by atoms with van der Waals surface area (Å²) in [5, 5.41) is 13.4. The number of anilines is 1. The standard InChI is InChI=1S/C18H17F3N4O4S/c1-11-16(26)25(13-3-5-14(6-4-13)30(28,29)18(19,20)21)17(27)24(11)10-12-7-8-23-9-15(12)22-2/h3-9,22,26H,10H2,1-2H3. The van der Waals surface area contributed by atoms with Gasteiger partial charge in [-0.15, -0.1) is 0 Å². The SMILES string of the molecule is CNc1cnccc1Cn1c(C)c(O)n(-c2ccc(S(=O)(=O)C(F)(F)F)cc2)c1=O. The Morgan fingerprint density at radius 3 is 2.37 bits per heavy atom. The number of alkyl halides is 3. The van der Waals surface area contributed by atoms with Crippen molar-refractivity contribution in [2.75, 3.05) is 12.4 Å². The molecule has 12 heteroatoms. The molecule has 0 aliphatic carbocycles. The summed E-state index contributed by atoms with van der Waals surface area (Å²) in [6, 6.07) is 5.21. The first-order valence-corrected chi connectivity index (χ1v) is 10.0. The predicted octanol–water partition coefficient (Wildman–Crippen LogP) is 2.43. The molecule has 0 saturated carbocycles. The van der Waals surface area contributed by atoms with Crippen molar-refractivity contribution < 1.29 is 26.7 Å². The zero-order chi connectivity index (χ0) is 22.3. The van der Waals surface area contributed by atoms with Gasteiger partial charge in [-0.3, -0.25) is 9.55 Å². The Morgan fingerprint density at radius 1 is 1.17 bits per heavy atom. The number of rotatable bonds is 5. The molecule has 8 nitrogen and oxygen atoms in total. The van der Waals surface area contributed by atoms with Crippen LogP contribution in [0.5, 0.6) is 5.88 Å². The van der Waals surface area contributed by atoms with Crippen molar-refractivity contribution in [1.82, 2.24) is 14.1 Å². The molecule has 0 radical (unpaired) electrons. The number of nitrogens with one attached hydrogen (secondary N) is 1. The molecule has 0 bridgehead atoms. The third kappa shape index (κ3) is 3.54. The summed E-state index contributed by atoms with van der Waals surface area (Å²) >= 11 is 0. The van der Waals surface area contributed by atoms with E-state index in [2.05, 4.69) is 10.3 Å². The van der Waals surface area contributed by atoms with Gasteiger partial charge in [0.1, 0.15) is 0 Å². The highest BCUT2D eigenvalue weighted by atomic mass is 32.2. The highest BCUT2D eigenvalue weighted by Gasteiger charge is 2.46. The molecule has 0 aliphatic heterocycles. The van der Waals surface area contributed by atoms with Crippen molar-refractivity contribution >= 4 is 15.5 Å². The fraction of sp³-hybridized carbons (Fsp3) is 0.222. The summed E-state index contributed by atoms with van der Waals surface area (Å²) in [6.07, 6.45) is 3.12. The molecule has 0 amide bonds. The van der Waals surface area contributed by atoms with Crippen molar-refractivity contribution in [2.24, 2.45) is 0 Å². The molecule has 2 aromatic heterocycles. The summed E-state index contributed by atoms with van der Waals surface area (Å²) in [7, 11) is -3.83. The zero-order valence-electron chi connectivity index (χ0n) is 15.8. The van der Waals surface area contributed by atoms with Crippen molar-refractivity contribution in [3.8, 4) is 11.6 Å². The molecule has 0 unspecified atom stereocenters. The van der Waals surface area contributed by atoms with E-state index in [0.29, 0.717) is 5.69 Å². The number of aromatic hydroxyl groups is 1. The lowest BCUT2D eigenvalue weighted by molar-refractivity contribution is -0.0436. The van der Waals surface area contributed by atoms with Crippen LogP contribution in [0.3, 0.4) is 0 Å². The van der Waals surface area contributed by atoms with Gasteiger partial charge in [0.2, 0.25) is 5.88 Å². The molecule has 2 heterocycles. The Bertz CT molecular complexity index is 1250. The second kappa shape index (κ2) is 7.52. The molecule has 3 rings (SSSR count). The van der Waals surface area contributed by atoms with Crippen LogP contribution in [-0.4, -0.2) is 40.2 Å². The van der Waals surface area contributed by atoms with Gasteiger partial charge in [-0.2, -0.15) is 13.2 Å². The van der Waals surface area contributed by atoms with Gasteiger partial charge in [0.15, 0.2) is 0 Å². The van der Waals surface area contributed by atoms with Crippen LogP contribution in [0.1, 0.15) is 11.3 Å². The quantitative estimate of drug-likeness (QED) is 0.629. The van der Waals surface area contributed by atoms with Crippen LogP contribution >= 0.6 is 0 Å². The molecular weight excluding hydrogens is 425 g/mol. The van der Waals surface area contributed by atoms with Crippen molar-refractivity contribution in [3.05, 3.63) is 64.5 Å². The minimum atomic E-state index is -5.51. The Morgan fingerprint density at radius 2 is 1.80 bits per heavy atom. The van der Waals surface area contributed by atoms with E-state index in [-0.39, 0.29) is 17.9 Å². The molecule has 160 valence electrons. The molecule has 0 spiro atoms. The number of sulfone groups is 1. The van der Waals surface area contributed by atoms with Crippen LogP contribution in [0.15, 0.2) is 52.4 Å². The molecule has 0 fully saturated rings. The minimum Gasteiger partial charge on any atom is -0.493 e. The lowest BCUT2D eigenvalue weighted by Gasteiger charge is -2.09. The second-order valence-corrected chi connectivity index (χ2v) is 8.28. The maximum atomic E-state index is 12.9. The summed E-state index contributed by atoms with van der Waals surface area (Å²) in [5.74, 6) is -0.411. The third-order valence-corrected chi connectivity index (χ3v) is 6.08. The molecule has 3 aromatic rings. The smallest absolute Gasteiger partial charge is 0.493 e. The number of hydrogen-bond acceptors (Lipinski definition) is 6. The van der Waals surface area contributed by atoms with E-state index in [1.165, 1.54) is 11.5 Å². The zero-order valence-corrected chi connectivity index (χ0v) is 16.6. The number of halogens is 3. The van der Waals surface area contributed by atoms with E-state index >= 15 is 0 Å². The maximum absolute atomic E-state index is 12.9. The lowest BCUT2D eigenvalue weighted by Crippen LogP contribution is -2.25. The van der Waals surface area contributed by atoms with Crippen LogP contribution in [0, 0.1) is 6.92 Å². The average molecular weight is 442 g/mol. The van der Waals surface area contributed by atoms with Gasteiger partial charge in [-0.1, -0.05) is 0 Å². The number of nitrogens with zero attached hydrogens (tertiary/aromatic N) is 3. The highest BCUT2D eigenvalue weighted by molar-refractivity contribution is 7.92. The summed E-state index contributed by atoms with van der Waals surface area (Å²) in [6.45, 7) is 1.61. The van der Waals surface area contributed by atoms with Gasteiger partial charge >= 0.3 is 11.2 Å². The van der Waals surface area contributed by atoms with E-state index < -0.39 is 31.8 Å². The topological polar surface area (TPSA) is 106 Å². The van der Waals surface area contributed by atoms with E-state index in [1.54, 1.807) is 25.5 Å². The summed E-state index contributed by atoms with van der Waals surface area (Å²) in [4.78, 5) is 15.9. The van der Waals surface area contributed by atoms with Gasteiger partial charge in [0.05, 0.1) is 34.7 Å². The van der Waals surface area contributed by atoms with E-state index in [9.17, 15) is 31.5 Å². The van der Waals surface area contributed by atoms with Crippen LogP contribution < -0.4 is 11.0 Å². The first kappa shape index (κ1) is 21.4. The van der Waals surface area contributed by atoms with Crippen molar-refractivity contribution in [3.63, 3.8) is 0 Å². The van der Waals surface area contributed by atoms with E-state index in [0.717, 1.165) is 34.4 Å². The maximum Gasteiger partial charge on any atom is 0.501 e. The van der Waals surface area contributed by atoms with Crippen LogP contribution in [0.2, 0.25) is 0 Å². The third-order valence-electron chi connectivity index (χ3n) is 4.58. The minimum absolute atomic E-state index is 0.0176. The van der Waals surface area contributed by atoms with Crippen LogP contribution in [0.4, 0.5) is 18.9 Å². The number of hydrogen-bond donors (Lipinski definition) is 2. The normalized spacial score (nSPS) is 12.2. The summed E-state index contributed by atoms with van der Waals surface area (Å²) in [5.41, 5.74) is -4.44. The van der Waals surface area contributed by atoms with Crippen molar-refractivity contribution in [2.45, 2.75) is 23.9 Å². The highest BCUT2D eigenvalue weighted by Crippen LogP contribution is 2.31. The largest absolute Gasteiger partial charge is 0.501 e. The lowest BCUT2D eigenvalue weighted by atomic mass is 10.2. The Balaban J connectivity index is 2.05. The van der Waals surface area contributed by atoms with Gasteiger partial charge in [-0.05, 0) is 42.8 Å². The molecular formula is C18H17F3N4O4S. The van der Waals surface area contributed by atoms with Gasteiger partial charge in [0, 0.05) is 13.2 Å². The van der Waals surface area contributed by atoms with Gasteiger partial charge in [-0.25, -0.2) is 17.8 Å². The molecule has 2 N–H and O–H groups in total. The van der Waals surface area contributed by atoms with Gasteiger partial charge < -0.3 is 10.4 Å². The van der Waals surface area contributed by atoms with Crippen molar-refractivity contribution in [1.29, 1.82) is 0 Å². The molecule has 0 atom stereocenters. The number of imidazole rings is 1. The first-order chi connectivity index (χ1) is 14.0. The van der Waals surface area contributed by atoms with Crippen LogP contribution in [-0.2, 0) is 16.4 Å². The number of aromatic nitrogens is 3. The van der Waals surface area contributed by atoms with E-state index in [4.69, 9.17) is 0 Å². The second-order valence-electron chi connectivity index (χ2n) is 6.34. The number of pyridine rings is 1. The van der Waals surface area contributed by atoms with Crippen LogP contribution in [0.25, 0.3) is 5.69 Å². The Kier molecular flexibility index (Phi) is 5.37. The number of benzene rings is 1. The molecule has 0 aliphatic rings. The first-order valence-electron chi connectivity index (χ1n) is 8.52. The molecule has 0 saturated heterocycles. The Labute approximate surface area is 169 Å². The van der Waals surface area contributed by atoms with E-state index in [1.807, 2.05) is 0 Å². The average Bonchev–Trinajstić information content (AvgIpc) is 2.91. The summed E-state index contributed by atoms with van der Waals surface area (Å²) < 4.78 is 63.3. The van der Waals surface area contributed by atoms with Gasteiger partial charge in [0.25, 0.3) is 9.84 Å². The fourth-order valence-corrected chi connectivity index (χ4v) is 3.68. The Hall–Kier alpha value is -3.28.